The first-order valence-corrected chi connectivity index (χ1v) is 13.0. The fraction of sp³-hybridized carbons (Fsp3) is 0.214. The molecule has 3 aromatic carbocycles. The normalized spacial score (nSPS) is 10.8. The van der Waals surface area contributed by atoms with Gasteiger partial charge in [0.25, 0.3) is 5.91 Å². The SMILES string of the molecule is COc1ccc(-c2nnc(SCC(=O)NN=Cc3ccc(OC)c(OC)c3OC)n2-c2ccccc2)cc1OC. The molecular weight excluding hydrogens is 534 g/mol. The number of hydrogen-bond donors (Lipinski definition) is 1. The molecule has 0 atom stereocenters. The van der Waals surface area contributed by atoms with E-state index in [9.17, 15) is 4.79 Å². The molecule has 1 aromatic heterocycles. The minimum absolute atomic E-state index is 0.0529. The summed E-state index contributed by atoms with van der Waals surface area (Å²) in [6, 6.07) is 18.7. The number of nitrogens with zero attached hydrogens (tertiary/aromatic N) is 4. The minimum atomic E-state index is -0.323. The van der Waals surface area contributed by atoms with Crippen LogP contribution in [0.3, 0.4) is 0 Å². The van der Waals surface area contributed by atoms with Gasteiger partial charge in [-0.25, -0.2) is 5.43 Å². The Labute approximate surface area is 236 Å². The molecule has 1 N–H and O–H groups in total. The predicted octanol–water partition coefficient (Wildman–Crippen LogP) is 4.22. The number of thioether (sulfide) groups is 1. The van der Waals surface area contributed by atoms with Crippen LogP contribution in [0.4, 0.5) is 0 Å². The van der Waals surface area contributed by atoms with Crippen LogP contribution in [0, 0.1) is 0 Å². The van der Waals surface area contributed by atoms with Crippen LogP contribution in [0.1, 0.15) is 5.56 Å². The van der Waals surface area contributed by atoms with Crippen molar-refractivity contribution in [1.29, 1.82) is 0 Å². The summed E-state index contributed by atoms with van der Waals surface area (Å²) in [7, 11) is 7.73. The van der Waals surface area contributed by atoms with Crippen molar-refractivity contribution in [2.24, 2.45) is 5.10 Å². The van der Waals surface area contributed by atoms with E-state index in [-0.39, 0.29) is 11.7 Å². The maximum Gasteiger partial charge on any atom is 0.250 e. The second-order valence-corrected chi connectivity index (χ2v) is 8.99. The van der Waals surface area contributed by atoms with Gasteiger partial charge in [0.15, 0.2) is 34.0 Å². The van der Waals surface area contributed by atoms with Gasteiger partial charge in [-0.3, -0.25) is 9.36 Å². The first-order valence-electron chi connectivity index (χ1n) is 12.0. The Morgan fingerprint density at radius 3 is 2.23 bits per heavy atom. The van der Waals surface area contributed by atoms with Crippen LogP contribution in [0.2, 0.25) is 0 Å². The van der Waals surface area contributed by atoms with E-state index in [0.29, 0.717) is 45.3 Å². The summed E-state index contributed by atoms with van der Waals surface area (Å²) in [5.74, 6) is 2.89. The molecule has 0 unspecified atom stereocenters. The quantitative estimate of drug-likeness (QED) is 0.154. The van der Waals surface area contributed by atoms with Crippen LogP contribution in [-0.4, -0.2) is 68.2 Å². The highest BCUT2D eigenvalue weighted by molar-refractivity contribution is 7.99. The third-order valence-electron chi connectivity index (χ3n) is 5.75. The lowest BCUT2D eigenvalue weighted by atomic mass is 10.2. The Balaban J connectivity index is 1.52. The van der Waals surface area contributed by atoms with Crippen LogP contribution in [0.5, 0.6) is 28.7 Å². The fourth-order valence-corrected chi connectivity index (χ4v) is 4.64. The molecule has 0 aliphatic carbocycles. The molecule has 4 rings (SSSR count). The van der Waals surface area contributed by atoms with Gasteiger partial charge < -0.3 is 23.7 Å². The van der Waals surface area contributed by atoms with Crippen molar-refractivity contribution in [3.8, 4) is 45.8 Å². The second-order valence-electron chi connectivity index (χ2n) is 8.05. The van der Waals surface area contributed by atoms with Crippen LogP contribution < -0.4 is 29.1 Å². The Kier molecular flexibility index (Phi) is 9.47. The average Bonchev–Trinajstić information content (AvgIpc) is 3.43. The number of hydrogen-bond acceptors (Lipinski definition) is 10. The molecule has 0 saturated carbocycles. The van der Waals surface area contributed by atoms with E-state index >= 15 is 0 Å². The second kappa shape index (κ2) is 13.4. The number of amides is 1. The molecule has 4 aromatic rings. The lowest BCUT2D eigenvalue weighted by Crippen LogP contribution is -2.20. The van der Waals surface area contributed by atoms with Crippen molar-refractivity contribution < 1.29 is 28.5 Å². The molecule has 0 saturated heterocycles. The number of methoxy groups -OCH3 is 5. The average molecular weight is 564 g/mol. The van der Waals surface area contributed by atoms with Crippen molar-refractivity contribution in [3.63, 3.8) is 0 Å². The van der Waals surface area contributed by atoms with Crippen molar-refractivity contribution in [3.05, 3.63) is 66.2 Å². The number of carbonyl (C=O) groups is 1. The van der Waals surface area contributed by atoms with Gasteiger partial charge in [-0.15, -0.1) is 10.2 Å². The lowest BCUT2D eigenvalue weighted by Gasteiger charge is -2.13. The van der Waals surface area contributed by atoms with E-state index in [1.54, 1.807) is 33.5 Å². The minimum Gasteiger partial charge on any atom is -0.493 e. The summed E-state index contributed by atoms with van der Waals surface area (Å²) in [4.78, 5) is 12.7. The number of para-hydroxylation sites is 1. The summed E-state index contributed by atoms with van der Waals surface area (Å²) in [5, 5.41) is 13.4. The molecule has 0 radical (unpaired) electrons. The summed E-state index contributed by atoms with van der Waals surface area (Å²) in [6.45, 7) is 0. The number of carbonyl (C=O) groups excluding carboxylic acids is 1. The van der Waals surface area contributed by atoms with Crippen molar-refractivity contribution in [2.45, 2.75) is 5.16 Å². The van der Waals surface area contributed by atoms with E-state index in [0.717, 1.165) is 11.3 Å². The molecular formula is C28H29N5O6S. The van der Waals surface area contributed by atoms with Gasteiger partial charge in [0, 0.05) is 16.8 Å². The Bertz CT molecular complexity index is 1490. The molecule has 0 spiro atoms. The summed E-state index contributed by atoms with van der Waals surface area (Å²) < 4.78 is 28.8. The molecule has 12 heteroatoms. The van der Waals surface area contributed by atoms with Crippen molar-refractivity contribution >= 4 is 23.9 Å². The van der Waals surface area contributed by atoms with Gasteiger partial charge in [-0.2, -0.15) is 5.10 Å². The van der Waals surface area contributed by atoms with Crippen LogP contribution in [0.15, 0.2) is 70.9 Å². The van der Waals surface area contributed by atoms with Crippen LogP contribution in [0.25, 0.3) is 17.1 Å². The largest absolute Gasteiger partial charge is 0.493 e. The molecule has 0 fully saturated rings. The standard InChI is InChI=1S/C28H29N5O6S/c1-35-21-13-11-18(15-23(21)37-3)27-31-32-28(33(27)20-9-7-6-8-10-20)40-17-24(34)30-29-16-19-12-14-22(36-2)26(39-5)25(19)38-4/h6-16H,17H2,1-5H3,(H,30,34). The highest BCUT2D eigenvalue weighted by atomic mass is 32.2. The highest BCUT2D eigenvalue weighted by Gasteiger charge is 2.19. The molecule has 1 amide bonds. The van der Waals surface area contributed by atoms with Gasteiger partial charge in [0.05, 0.1) is 47.5 Å². The Morgan fingerprint density at radius 2 is 1.55 bits per heavy atom. The molecule has 0 aliphatic heterocycles. The summed E-state index contributed by atoms with van der Waals surface area (Å²) in [5.41, 5.74) is 4.77. The van der Waals surface area contributed by atoms with Gasteiger partial charge in [-0.05, 0) is 42.5 Å². The summed E-state index contributed by atoms with van der Waals surface area (Å²) >= 11 is 1.23. The van der Waals surface area contributed by atoms with Crippen LogP contribution >= 0.6 is 11.8 Å². The van der Waals surface area contributed by atoms with Crippen molar-refractivity contribution in [2.75, 3.05) is 41.3 Å². The number of nitrogens with one attached hydrogen (secondary N) is 1. The van der Waals surface area contributed by atoms with Gasteiger partial charge in [0.1, 0.15) is 0 Å². The smallest absolute Gasteiger partial charge is 0.250 e. The molecule has 0 aliphatic rings. The maximum atomic E-state index is 12.7. The molecule has 1 heterocycles. The molecule has 0 bridgehead atoms. The van der Waals surface area contributed by atoms with E-state index in [2.05, 4.69) is 20.7 Å². The molecule has 40 heavy (non-hydrogen) atoms. The first kappa shape index (κ1) is 28.3. The first-order chi connectivity index (χ1) is 19.5. The number of hydrazone groups is 1. The monoisotopic (exact) mass is 563 g/mol. The van der Waals surface area contributed by atoms with E-state index < -0.39 is 0 Å². The predicted molar refractivity (Wildman–Crippen MR) is 152 cm³/mol. The molecule has 11 nitrogen and oxygen atoms in total. The van der Waals surface area contributed by atoms with Crippen molar-refractivity contribution in [1.82, 2.24) is 20.2 Å². The Hall–Kier alpha value is -4.71. The third kappa shape index (κ3) is 6.12. The summed E-state index contributed by atoms with van der Waals surface area (Å²) in [6.07, 6.45) is 1.48. The van der Waals surface area contributed by atoms with Gasteiger partial charge in [-0.1, -0.05) is 30.0 Å². The number of benzene rings is 3. The zero-order valence-electron chi connectivity index (χ0n) is 22.7. The number of ether oxygens (including phenoxy) is 5. The number of aromatic nitrogens is 3. The maximum absolute atomic E-state index is 12.7. The fourth-order valence-electron chi connectivity index (χ4n) is 3.90. The number of rotatable bonds is 12. The highest BCUT2D eigenvalue weighted by Crippen LogP contribution is 2.39. The van der Waals surface area contributed by atoms with E-state index in [1.165, 1.54) is 32.2 Å². The van der Waals surface area contributed by atoms with E-state index in [4.69, 9.17) is 23.7 Å². The lowest BCUT2D eigenvalue weighted by molar-refractivity contribution is -0.118. The Morgan fingerprint density at radius 1 is 0.850 bits per heavy atom. The van der Waals surface area contributed by atoms with Gasteiger partial charge >= 0.3 is 0 Å². The topological polar surface area (TPSA) is 118 Å². The third-order valence-corrected chi connectivity index (χ3v) is 6.68. The van der Waals surface area contributed by atoms with Crippen LogP contribution in [-0.2, 0) is 4.79 Å². The molecule has 208 valence electrons. The van der Waals surface area contributed by atoms with Gasteiger partial charge in [0.2, 0.25) is 5.75 Å². The van der Waals surface area contributed by atoms with E-state index in [1.807, 2.05) is 53.1 Å². The zero-order chi connectivity index (χ0) is 28.5. The zero-order valence-corrected chi connectivity index (χ0v) is 23.5.